The number of ether oxygens (including phenoxy) is 2. The van der Waals surface area contributed by atoms with Crippen molar-refractivity contribution in [3.63, 3.8) is 0 Å². The van der Waals surface area contributed by atoms with E-state index in [1.54, 1.807) is 13.0 Å². The minimum Gasteiger partial charge on any atom is -0.486 e. The van der Waals surface area contributed by atoms with Crippen LogP contribution in [0.25, 0.3) is 0 Å². The van der Waals surface area contributed by atoms with Crippen molar-refractivity contribution in [2.45, 2.75) is 20.1 Å². The van der Waals surface area contributed by atoms with Crippen LogP contribution in [0.15, 0.2) is 47.0 Å². The van der Waals surface area contributed by atoms with Crippen molar-refractivity contribution in [3.8, 4) is 5.75 Å². The zero-order valence-electron chi connectivity index (χ0n) is 17.6. The van der Waals surface area contributed by atoms with Gasteiger partial charge in [0.2, 0.25) is 0 Å². The number of benzene rings is 2. The van der Waals surface area contributed by atoms with Crippen LogP contribution in [0, 0.1) is 18.6 Å². The van der Waals surface area contributed by atoms with Crippen LogP contribution >= 0.6 is 0 Å². The summed E-state index contributed by atoms with van der Waals surface area (Å²) in [5.74, 6) is -1.76. The van der Waals surface area contributed by atoms with E-state index in [2.05, 4.69) is 15.4 Å². The Bertz CT molecular complexity index is 1100. The molecule has 1 aliphatic rings. The molecule has 0 atom stereocenters. The van der Waals surface area contributed by atoms with Crippen LogP contribution in [0.1, 0.15) is 27.4 Å². The van der Waals surface area contributed by atoms with E-state index in [-0.39, 0.29) is 18.1 Å². The number of carbonyl (C=O) groups is 1. The molecule has 168 valence electrons. The number of hydrogen-bond acceptors (Lipinski definition) is 6. The molecule has 1 fully saturated rings. The van der Waals surface area contributed by atoms with Gasteiger partial charge in [0.25, 0.3) is 5.91 Å². The summed E-state index contributed by atoms with van der Waals surface area (Å²) < 4.78 is 42.9. The first-order valence-electron chi connectivity index (χ1n) is 10.2. The van der Waals surface area contributed by atoms with Gasteiger partial charge in [0, 0.05) is 31.4 Å². The first kappa shape index (κ1) is 21.9. The summed E-state index contributed by atoms with van der Waals surface area (Å²) in [6.45, 7) is 5.41. The lowest BCUT2D eigenvalue weighted by molar-refractivity contribution is 0.0342. The van der Waals surface area contributed by atoms with Gasteiger partial charge in [-0.05, 0) is 36.8 Å². The van der Waals surface area contributed by atoms with Gasteiger partial charge < -0.3 is 19.3 Å². The van der Waals surface area contributed by atoms with E-state index >= 15 is 0 Å². The fourth-order valence-corrected chi connectivity index (χ4v) is 3.44. The Morgan fingerprint density at radius 2 is 2.00 bits per heavy atom. The number of nitrogens with one attached hydrogen (secondary N) is 1. The summed E-state index contributed by atoms with van der Waals surface area (Å²) in [6.07, 6.45) is 0. The van der Waals surface area contributed by atoms with Crippen molar-refractivity contribution in [1.82, 2.24) is 10.1 Å². The second kappa shape index (κ2) is 9.88. The summed E-state index contributed by atoms with van der Waals surface area (Å²) in [5, 5.41) is 6.66. The lowest BCUT2D eigenvalue weighted by atomic mass is 10.1. The monoisotopic (exact) mass is 443 g/mol. The second-order valence-electron chi connectivity index (χ2n) is 7.47. The highest BCUT2D eigenvalue weighted by Gasteiger charge is 2.21. The number of halogens is 2. The number of hydrogen-bond donors (Lipinski definition) is 1. The molecule has 2 aromatic carbocycles. The van der Waals surface area contributed by atoms with Crippen LogP contribution in [0.4, 0.5) is 14.5 Å². The second-order valence-corrected chi connectivity index (χ2v) is 7.47. The number of anilines is 1. The predicted octanol–water partition coefficient (Wildman–Crippen LogP) is 3.92. The molecule has 0 bridgehead atoms. The first-order valence-corrected chi connectivity index (χ1v) is 10.2. The molecule has 4 rings (SSSR count). The van der Waals surface area contributed by atoms with E-state index in [1.165, 1.54) is 6.07 Å². The largest absolute Gasteiger partial charge is 0.486 e. The lowest BCUT2D eigenvalue weighted by Gasteiger charge is -2.26. The maximum atomic E-state index is 13.8. The fraction of sp³-hybridized carbons (Fsp3) is 0.304. The highest BCUT2D eigenvalue weighted by Crippen LogP contribution is 2.22. The van der Waals surface area contributed by atoms with Crippen molar-refractivity contribution in [2.75, 3.05) is 31.6 Å². The van der Waals surface area contributed by atoms with Crippen LogP contribution in [0.5, 0.6) is 5.75 Å². The fourth-order valence-electron chi connectivity index (χ4n) is 3.44. The van der Waals surface area contributed by atoms with E-state index in [0.29, 0.717) is 30.2 Å². The van der Waals surface area contributed by atoms with Crippen LogP contribution in [-0.4, -0.2) is 42.3 Å². The third-order valence-corrected chi connectivity index (χ3v) is 5.16. The van der Waals surface area contributed by atoms with Crippen LogP contribution in [0.2, 0.25) is 0 Å². The summed E-state index contributed by atoms with van der Waals surface area (Å²) in [7, 11) is 0. The van der Waals surface area contributed by atoms with Crippen molar-refractivity contribution in [3.05, 3.63) is 76.7 Å². The van der Waals surface area contributed by atoms with E-state index in [4.69, 9.17) is 14.0 Å². The molecule has 7 nitrogen and oxygen atoms in total. The van der Waals surface area contributed by atoms with Gasteiger partial charge >= 0.3 is 0 Å². The highest BCUT2D eigenvalue weighted by molar-refractivity contribution is 6.03. The number of rotatable bonds is 7. The predicted molar refractivity (Wildman–Crippen MR) is 112 cm³/mol. The van der Waals surface area contributed by atoms with E-state index in [9.17, 15) is 13.6 Å². The quantitative estimate of drug-likeness (QED) is 0.597. The molecular weight excluding hydrogens is 420 g/mol. The molecule has 1 aromatic heterocycles. The summed E-state index contributed by atoms with van der Waals surface area (Å²) in [4.78, 5) is 15.1. The Morgan fingerprint density at radius 3 is 2.78 bits per heavy atom. The smallest absolute Gasteiger partial charge is 0.278 e. The number of aromatic nitrogens is 1. The molecule has 1 amide bonds. The lowest BCUT2D eigenvalue weighted by Crippen LogP contribution is -2.35. The van der Waals surface area contributed by atoms with Crippen LogP contribution in [-0.2, 0) is 17.9 Å². The average molecular weight is 443 g/mol. The SMILES string of the molecule is Cc1onc(C(=O)Nc2cccc(CN3CCOCC3)c2)c1COc1ccc(F)cc1F. The Balaban J connectivity index is 1.43. The standard InChI is InChI=1S/C23H23F2N3O4/c1-15-19(14-31-21-6-5-17(24)12-20(21)25)22(27-32-15)23(29)26-18-4-2-3-16(11-18)13-28-7-9-30-10-8-28/h2-6,11-12H,7-10,13-14H2,1H3,(H,26,29). The van der Waals surface area contributed by atoms with Gasteiger partial charge in [-0.3, -0.25) is 9.69 Å². The molecule has 0 radical (unpaired) electrons. The third kappa shape index (κ3) is 5.30. The average Bonchev–Trinajstić information content (AvgIpc) is 3.14. The van der Waals surface area contributed by atoms with Crippen molar-refractivity contribution in [2.24, 2.45) is 0 Å². The maximum Gasteiger partial charge on any atom is 0.278 e. The number of nitrogens with zero attached hydrogens (tertiary/aromatic N) is 2. The van der Waals surface area contributed by atoms with Gasteiger partial charge in [-0.15, -0.1) is 0 Å². The normalized spacial score (nSPS) is 14.3. The van der Waals surface area contributed by atoms with Crippen molar-refractivity contribution < 1.29 is 27.6 Å². The van der Waals surface area contributed by atoms with Gasteiger partial charge in [0.15, 0.2) is 17.3 Å². The summed E-state index contributed by atoms with van der Waals surface area (Å²) in [5.41, 5.74) is 2.12. The topological polar surface area (TPSA) is 76.8 Å². The van der Waals surface area contributed by atoms with Gasteiger partial charge in [-0.25, -0.2) is 8.78 Å². The molecule has 32 heavy (non-hydrogen) atoms. The highest BCUT2D eigenvalue weighted by atomic mass is 19.1. The summed E-state index contributed by atoms with van der Waals surface area (Å²) >= 11 is 0. The van der Waals surface area contributed by atoms with Crippen LogP contribution < -0.4 is 10.1 Å². The number of aryl methyl sites for hydroxylation is 1. The Labute approximate surface area is 183 Å². The van der Waals surface area contributed by atoms with Gasteiger partial charge in [-0.2, -0.15) is 0 Å². The van der Waals surface area contributed by atoms with Crippen LogP contribution in [0.3, 0.4) is 0 Å². The molecule has 0 spiro atoms. The number of morpholine rings is 1. The minimum absolute atomic E-state index is 0.0450. The van der Waals surface area contributed by atoms with E-state index in [1.807, 2.05) is 18.2 Å². The zero-order valence-corrected chi connectivity index (χ0v) is 17.6. The Hall–Kier alpha value is -3.30. The molecular formula is C23H23F2N3O4. The molecule has 0 aliphatic carbocycles. The molecule has 1 N–H and O–H groups in total. The number of carbonyl (C=O) groups excluding carboxylic acids is 1. The first-order chi connectivity index (χ1) is 15.5. The van der Waals surface area contributed by atoms with Crippen molar-refractivity contribution in [1.29, 1.82) is 0 Å². The Morgan fingerprint density at radius 1 is 1.19 bits per heavy atom. The Kier molecular flexibility index (Phi) is 6.77. The molecule has 3 aromatic rings. The molecule has 1 aliphatic heterocycles. The van der Waals surface area contributed by atoms with Crippen molar-refractivity contribution >= 4 is 11.6 Å². The van der Waals surface area contributed by atoms with Gasteiger partial charge in [0.05, 0.1) is 18.8 Å². The van der Waals surface area contributed by atoms with E-state index in [0.717, 1.165) is 37.3 Å². The minimum atomic E-state index is -0.831. The number of amides is 1. The molecule has 1 saturated heterocycles. The molecule has 0 unspecified atom stereocenters. The van der Waals surface area contributed by atoms with E-state index < -0.39 is 17.5 Å². The summed E-state index contributed by atoms with van der Waals surface area (Å²) in [6, 6.07) is 10.6. The molecule has 9 heteroatoms. The molecule has 0 saturated carbocycles. The molecule has 2 heterocycles. The zero-order chi connectivity index (χ0) is 22.5. The third-order valence-electron chi connectivity index (χ3n) is 5.16. The van der Waals surface area contributed by atoms with Gasteiger partial charge in [0.1, 0.15) is 18.2 Å². The van der Waals surface area contributed by atoms with Gasteiger partial charge in [-0.1, -0.05) is 17.3 Å². The maximum absolute atomic E-state index is 13.8.